The third kappa shape index (κ3) is 5.11. The number of methoxy groups -OCH3 is 1. The van der Waals surface area contributed by atoms with Gasteiger partial charge in [0.05, 0.1) is 19.6 Å². The topological polar surface area (TPSA) is 55.8 Å². The van der Waals surface area contributed by atoms with Crippen LogP contribution in [0.2, 0.25) is 0 Å². The fourth-order valence-electron chi connectivity index (χ4n) is 2.92. The molecule has 1 atom stereocenters. The zero-order chi connectivity index (χ0) is 19.1. The van der Waals surface area contributed by atoms with Crippen molar-refractivity contribution in [3.8, 4) is 11.5 Å². The van der Waals surface area contributed by atoms with Crippen molar-refractivity contribution in [3.05, 3.63) is 82.0 Å². The van der Waals surface area contributed by atoms with E-state index in [1.54, 1.807) is 7.11 Å². The summed E-state index contributed by atoms with van der Waals surface area (Å²) < 4.78 is 11.3. The van der Waals surface area contributed by atoms with Crippen LogP contribution in [0.25, 0.3) is 0 Å². The minimum absolute atomic E-state index is 0.413. The first kappa shape index (κ1) is 19.0. The van der Waals surface area contributed by atoms with Gasteiger partial charge in [0.1, 0.15) is 0 Å². The van der Waals surface area contributed by atoms with Crippen molar-refractivity contribution in [1.82, 2.24) is 0 Å². The largest absolute Gasteiger partial charge is 0.493 e. The van der Waals surface area contributed by atoms with Gasteiger partial charge in [-0.1, -0.05) is 42.5 Å². The molecule has 0 spiro atoms. The van der Waals surface area contributed by atoms with E-state index in [4.69, 9.17) is 9.47 Å². The highest BCUT2D eigenvalue weighted by molar-refractivity contribution is 7.10. The standard InChI is InChI=1S/C22H22O4S/c1-25-20-15-17(14-18(22(23)24)21-8-5-13-27-21)9-10-19(20)26-12-11-16-6-3-2-4-7-16/h2-10,13,15,18H,11-12,14H2,1H3,(H,23,24). The SMILES string of the molecule is COc1cc(CC(C(=O)O)c2cccs2)ccc1OCCc1ccccc1. The molecule has 0 saturated carbocycles. The first-order valence-electron chi connectivity index (χ1n) is 8.77. The second-order valence-electron chi connectivity index (χ2n) is 6.18. The third-order valence-electron chi connectivity index (χ3n) is 4.34. The van der Waals surface area contributed by atoms with Crippen LogP contribution >= 0.6 is 11.3 Å². The Balaban J connectivity index is 1.67. The molecule has 1 unspecified atom stereocenters. The van der Waals surface area contributed by atoms with Crippen molar-refractivity contribution in [2.75, 3.05) is 13.7 Å². The van der Waals surface area contributed by atoms with Gasteiger partial charge in [-0.2, -0.15) is 0 Å². The van der Waals surface area contributed by atoms with Crippen molar-refractivity contribution in [3.63, 3.8) is 0 Å². The summed E-state index contributed by atoms with van der Waals surface area (Å²) in [6, 6.07) is 19.5. The lowest BCUT2D eigenvalue weighted by Gasteiger charge is -2.14. The van der Waals surface area contributed by atoms with Crippen LogP contribution in [-0.4, -0.2) is 24.8 Å². The maximum Gasteiger partial charge on any atom is 0.312 e. The van der Waals surface area contributed by atoms with E-state index < -0.39 is 11.9 Å². The maximum absolute atomic E-state index is 11.7. The molecule has 3 aromatic rings. The van der Waals surface area contributed by atoms with Crippen molar-refractivity contribution >= 4 is 17.3 Å². The predicted octanol–water partition coefficient (Wildman–Crippen LogP) is 4.79. The summed E-state index contributed by atoms with van der Waals surface area (Å²) in [5.41, 5.74) is 2.12. The molecule has 0 aliphatic rings. The van der Waals surface area contributed by atoms with Gasteiger partial charge in [-0.25, -0.2) is 0 Å². The molecule has 0 radical (unpaired) electrons. The Bertz CT molecular complexity index is 859. The van der Waals surface area contributed by atoms with Gasteiger partial charge in [0.15, 0.2) is 11.5 Å². The monoisotopic (exact) mass is 382 g/mol. The van der Waals surface area contributed by atoms with E-state index in [2.05, 4.69) is 12.1 Å². The summed E-state index contributed by atoms with van der Waals surface area (Å²) in [4.78, 5) is 12.5. The smallest absolute Gasteiger partial charge is 0.312 e. The quantitative estimate of drug-likeness (QED) is 0.578. The summed E-state index contributed by atoms with van der Waals surface area (Å²) in [6.07, 6.45) is 1.22. The number of carboxylic acid groups (broad SMARTS) is 1. The van der Waals surface area contributed by atoms with Crippen molar-refractivity contribution in [2.24, 2.45) is 0 Å². The van der Waals surface area contributed by atoms with Gasteiger partial charge in [0.2, 0.25) is 0 Å². The normalized spacial score (nSPS) is 11.7. The van der Waals surface area contributed by atoms with E-state index >= 15 is 0 Å². The summed E-state index contributed by atoms with van der Waals surface area (Å²) in [5.74, 6) is -0.0878. The number of benzene rings is 2. The van der Waals surface area contributed by atoms with Crippen LogP contribution < -0.4 is 9.47 Å². The van der Waals surface area contributed by atoms with Crippen molar-refractivity contribution in [2.45, 2.75) is 18.8 Å². The molecule has 5 heteroatoms. The molecular formula is C22H22O4S. The fraction of sp³-hybridized carbons (Fsp3) is 0.227. The van der Waals surface area contributed by atoms with Gasteiger partial charge >= 0.3 is 5.97 Å². The average Bonchev–Trinajstić information content (AvgIpc) is 3.21. The first-order chi connectivity index (χ1) is 13.2. The zero-order valence-electron chi connectivity index (χ0n) is 15.1. The van der Waals surface area contributed by atoms with E-state index in [0.29, 0.717) is 24.5 Å². The molecule has 140 valence electrons. The Morgan fingerprint density at radius 2 is 1.85 bits per heavy atom. The van der Waals surface area contributed by atoms with E-state index in [9.17, 15) is 9.90 Å². The molecule has 4 nitrogen and oxygen atoms in total. The lowest BCUT2D eigenvalue weighted by atomic mass is 9.97. The highest BCUT2D eigenvalue weighted by Gasteiger charge is 2.22. The summed E-state index contributed by atoms with van der Waals surface area (Å²) in [6.45, 7) is 0.548. The van der Waals surface area contributed by atoms with Crippen molar-refractivity contribution < 1.29 is 19.4 Å². The molecule has 0 bridgehead atoms. The molecule has 0 aliphatic carbocycles. The number of hydrogen-bond acceptors (Lipinski definition) is 4. The first-order valence-corrected chi connectivity index (χ1v) is 9.65. The number of carboxylic acids is 1. The van der Waals surface area contributed by atoms with Crippen LogP contribution in [0.5, 0.6) is 11.5 Å². The number of hydrogen-bond donors (Lipinski definition) is 1. The molecule has 1 heterocycles. The number of rotatable bonds is 9. The molecule has 0 fully saturated rings. The molecular weight excluding hydrogens is 360 g/mol. The summed E-state index contributed by atoms with van der Waals surface area (Å²) in [5, 5.41) is 11.5. The van der Waals surface area contributed by atoms with Crippen LogP contribution in [-0.2, 0) is 17.6 Å². The molecule has 1 N–H and O–H groups in total. The van der Waals surface area contributed by atoms with Gasteiger partial charge < -0.3 is 14.6 Å². The number of ether oxygens (including phenoxy) is 2. The van der Waals surface area contributed by atoms with Gasteiger partial charge in [-0.3, -0.25) is 4.79 Å². The molecule has 2 aromatic carbocycles. The van der Waals surface area contributed by atoms with E-state index in [0.717, 1.165) is 16.9 Å². The van der Waals surface area contributed by atoms with E-state index in [1.807, 2.05) is 53.9 Å². The Morgan fingerprint density at radius 3 is 2.52 bits per heavy atom. The Morgan fingerprint density at radius 1 is 1.04 bits per heavy atom. The Kier molecular flexibility index (Phi) is 6.49. The highest BCUT2D eigenvalue weighted by atomic mass is 32.1. The minimum atomic E-state index is -0.820. The van der Waals surface area contributed by atoms with E-state index in [1.165, 1.54) is 16.9 Å². The van der Waals surface area contributed by atoms with Crippen LogP contribution in [0.1, 0.15) is 21.9 Å². The third-order valence-corrected chi connectivity index (χ3v) is 5.33. The van der Waals surface area contributed by atoms with Gasteiger partial charge in [-0.15, -0.1) is 11.3 Å². The molecule has 0 amide bonds. The van der Waals surface area contributed by atoms with Gasteiger partial charge in [0.25, 0.3) is 0 Å². The minimum Gasteiger partial charge on any atom is -0.493 e. The number of carbonyl (C=O) groups is 1. The lowest BCUT2D eigenvalue weighted by Crippen LogP contribution is -2.13. The van der Waals surface area contributed by atoms with E-state index in [-0.39, 0.29) is 0 Å². The highest BCUT2D eigenvalue weighted by Crippen LogP contribution is 2.31. The lowest BCUT2D eigenvalue weighted by molar-refractivity contribution is -0.138. The number of aliphatic carboxylic acids is 1. The number of thiophene rings is 1. The average molecular weight is 382 g/mol. The van der Waals surface area contributed by atoms with Crippen LogP contribution in [0.15, 0.2) is 66.0 Å². The molecule has 27 heavy (non-hydrogen) atoms. The molecule has 0 aliphatic heterocycles. The molecule has 0 saturated heterocycles. The summed E-state index contributed by atoms with van der Waals surface area (Å²) in [7, 11) is 1.59. The summed E-state index contributed by atoms with van der Waals surface area (Å²) >= 11 is 1.46. The fourth-order valence-corrected chi connectivity index (χ4v) is 3.74. The van der Waals surface area contributed by atoms with Crippen LogP contribution in [0.3, 0.4) is 0 Å². The predicted molar refractivity (Wildman–Crippen MR) is 107 cm³/mol. The second-order valence-corrected chi connectivity index (χ2v) is 7.16. The van der Waals surface area contributed by atoms with Gasteiger partial charge in [0, 0.05) is 11.3 Å². The molecule has 3 rings (SSSR count). The van der Waals surface area contributed by atoms with Crippen LogP contribution in [0, 0.1) is 0 Å². The van der Waals surface area contributed by atoms with Gasteiger partial charge in [-0.05, 0) is 41.1 Å². The Hall–Kier alpha value is -2.79. The van der Waals surface area contributed by atoms with Crippen molar-refractivity contribution in [1.29, 1.82) is 0 Å². The Labute approximate surface area is 163 Å². The second kappa shape index (κ2) is 9.24. The maximum atomic E-state index is 11.7. The molecule has 1 aromatic heterocycles. The van der Waals surface area contributed by atoms with Crippen LogP contribution in [0.4, 0.5) is 0 Å². The zero-order valence-corrected chi connectivity index (χ0v) is 15.9.